The van der Waals surface area contributed by atoms with Crippen LogP contribution in [0.15, 0.2) is 0 Å². The molecular weight excluding hydrogens is 134 g/mol. The van der Waals surface area contributed by atoms with E-state index in [0.717, 1.165) is 6.04 Å². The largest absolute Gasteiger partial charge is 0.323 e. The number of nitrogens with zero attached hydrogens (tertiary/aromatic N) is 1. The topological polar surface area (TPSA) is 0 Å². The van der Waals surface area contributed by atoms with Crippen LogP contribution in [0.1, 0.15) is 12.8 Å². The van der Waals surface area contributed by atoms with E-state index in [-0.39, 0.29) is 0 Å². The molecule has 4 rings (SSSR count). The number of hydrogen-bond donors (Lipinski definition) is 0. The van der Waals surface area contributed by atoms with Crippen LogP contribution in [-0.2, 0) is 0 Å². The Labute approximate surface area is 68.0 Å². The molecule has 0 N–H and O–H groups in total. The van der Waals surface area contributed by atoms with Crippen molar-refractivity contribution in [3.63, 3.8) is 0 Å². The summed E-state index contributed by atoms with van der Waals surface area (Å²) >= 11 is 0. The van der Waals surface area contributed by atoms with Gasteiger partial charge in [0, 0.05) is 24.2 Å². The van der Waals surface area contributed by atoms with Gasteiger partial charge >= 0.3 is 0 Å². The Bertz CT molecular complexity index is 226. The molecule has 2 saturated heterocycles. The Morgan fingerprint density at radius 1 is 1.00 bits per heavy atom. The molecule has 11 heavy (non-hydrogen) atoms. The van der Waals surface area contributed by atoms with Gasteiger partial charge in [-0.3, -0.25) is 0 Å². The number of rotatable bonds is 0. The number of fused-ring (bicyclic) bond motifs is 4. The molecule has 2 saturated carbocycles. The second-order valence-corrected chi connectivity index (χ2v) is 5.63. The highest BCUT2D eigenvalue weighted by molar-refractivity contribution is 5.09. The molecule has 6 atom stereocenters. The van der Waals surface area contributed by atoms with E-state index in [2.05, 4.69) is 7.05 Å². The lowest BCUT2D eigenvalue weighted by molar-refractivity contribution is -0.920. The van der Waals surface area contributed by atoms with E-state index in [1.165, 1.54) is 28.2 Å². The zero-order valence-corrected chi connectivity index (χ0v) is 7.16. The second-order valence-electron chi connectivity index (χ2n) is 5.63. The third kappa shape index (κ3) is 0.395. The van der Waals surface area contributed by atoms with Crippen molar-refractivity contribution in [3.05, 3.63) is 0 Å². The van der Waals surface area contributed by atoms with Gasteiger partial charge in [-0.05, 0) is 12.3 Å². The van der Waals surface area contributed by atoms with Crippen LogP contribution in [0.5, 0.6) is 0 Å². The highest BCUT2D eigenvalue weighted by Crippen LogP contribution is 2.65. The van der Waals surface area contributed by atoms with Crippen LogP contribution in [0, 0.1) is 23.7 Å². The van der Waals surface area contributed by atoms with E-state index in [1.807, 2.05) is 0 Å². The van der Waals surface area contributed by atoms with Crippen molar-refractivity contribution >= 4 is 0 Å². The predicted molar refractivity (Wildman–Crippen MR) is 42.9 cm³/mol. The summed E-state index contributed by atoms with van der Waals surface area (Å²) in [5.41, 5.74) is 0. The molecule has 1 nitrogen and oxygen atoms in total. The molecule has 0 aromatic rings. The van der Waals surface area contributed by atoms with Gasteiger partial charge in [-0.15, -0.1) is 0 Å². The van der Waals surface area contributed by atoms with Crippen LogP contribution in [0.3, 0.4) is 0 Å². The van der Waals surface area contributed by atoms with E-state index in [9.17, 15) is 0 Å². The molecule has 1 heteroatoms. The van der Waals surface area contributed by atoms with Gasteiger partial charge in [-0.2, -0.15) is 0 Å². The van der Waals surface area contributed by atoms with E-state index < -0.39 is 0 Å². The molecular formula is C10H16N+. The number of piperidine rings is 2. The molecule has 2 heterocycles. The monoisotopic (exact) mass is 150 g/mol. The van der Waals surface area contributed by atoms with Gasteiger partial charge in [0.15, 0.2) is 0 Å². The van der Waals surface area contributed by atoms with Gasteiger partial charge in [0.05, 0.1) is 26.2 Å². The van der Waals surface area contributed by atoms with Crippen molar-refractivity contribution in [1.29, 1.82) is 0 Å². The first-order valence-electron chi connectivity index (χ1n) is 5.12. The predicted octanol–water partition coefficient (Wildman–Crippen LogP) is 1.10. The van der Waals surface area contributed by atoms with E-state index in [4.69, 9.17) is 0 Å². The molecule has 60 valence electrons. The van der Waals surface area contributed by atoms with Crippen LogP contribution in [0.25, 0.3) is 0 Å². The Morgan fingerprint density at radius 2 is 1.82 bits per heavy atom. The maximum absolute atomic E-state index is 2.51. The maximum atomic E-state index is 2.51. The molecule has 0 radical (unpaired) electrons. The summed E-state index contributed by atoms with van der Waals surface area (Å²) in [5.74, 6) is 4.73. The van der Waals surface area contributed by atoms with Crippen molar-refractivity contribution in [2.45, 2.75) is 18.9 Å². The first kappa shape index (κ1) is 5.58. The van der Waals surface area contributed by atoms with Gasteiger partial charge in [-0.1, -0.05) is 0 Å². The number of quaternary nitrogens is 1. The fourth-order valence-electron chi connectivity index (χ4n) is 5.15. The van der Waals surface area contributed by atoms with E-state index in [0.29, 0.717) is 0 Å². The fourth-order valence-corrected chi connectivity index (χ4v) is 5.15. The molecule has 0 aromatic carbocycles. The first-order chi connectivity index (χ1) is 5.28. The van der Waals surface area contributed by atoms with Gasteiger partial charge < -0.3 is 4.48 Å². The molecule has 0 spiro atoms. The summed E-state index contributed by atoms with van der Waals surface area (Å²) in [5, 5.41) is 0. The zero-order chi connectivity index (χ0) is 7.22. The Hall–Kier alpha value is -0.0400. The van der Waals surface area contributed by atoms with Crippen molar-refractivity contribution in [2.24, 2.45) is 23.7 Å². The average Bonchev–Trinajstić information content (AvgIpc) is 2.52. The van der Waals surface area contributed by atoms with Crippen LogP contribution >= 0.6 is 0 Å². The molecule has 2 aliphatic heterocycles. The van der Waals surface area contributed by atoms with E-state index >= 15 is 0 Å². The van der Waals surface area contributed by atoms with Crippen LogP contribution in [0.4, 0.5) is 0 Å². The van der Waals surface area contributed by atoms with Gasteiger partial charge in [0.2, 0.25) is 0 Å². The van der Waals surface area contributed by atoms with Crippen molar-refractivity contribution in [2.75, 3.05) is 20.1 Å². The zero-order valence-electron chi connectivity index (χ0n) is 7.16. The summed E-state index contributed by atoms with van der Waals surface area (Å²) in [4.78, 5) is 0. The highest BCUT2D eigenvalue weighted by atomic mass is 15.4. The molecule has 0 amide bonds. The molecule has 4 aliphatic rings. The Morgan fingerprint density at radius 3 is 2.45 bits per heavy atom. The lowest BCUT2D eigenvalue weighted by Gasteiger charge is -2.41. The van der Waals surface area contributed by atoms with Crippen molar-refractivity contribution in [1.82, 2.24) is 0 Å². The minimum absolute atomic E-state index is 1.12. The quantitative estimate of drug-likeness (QED) is 0.454. The molecule has 0 aromatic heterocycles. The third-order valence-corrected chi connectivity index (χ3v) is 5.38. The Balaban J connectivity index is 1.97. The standard InChI is InChI=1S/C10H16N/c1-11-4-8-6-2-7(9(8)5-11)10(11)3-6/h6-10H,2-5H2,1H3/q+1. The lowest BCUT2D eigenvalue weighted by Crippen LogP contribution is -2.53. The third-order valence-electron chi connectivity index (χ3n) is 5.38. The smallest absolute Gasteiger partial charge is 0.0924 e. The minimum Gasteiger partial charge on any atom is -0.323 e. The summed E-state index contributed by atoms with van der Waals surface area (Å²) in [6.45, 7) is 3.10. The van der Waals surface area contributed by atoms with Gasteiger partial charge in [0.1, 0.15) is 0 Å². The number of hydrogen-bond acceptors (Lipinski definition) is 0. The molecule has 4 fully saturated rings. The van der Waals surface area contributed by atoms with Crippen molar-refractivity contribution in [3.8, 4) is 0 Å². The van der Waals surface area contributed by atoms with Crippen LogP contribution in [-0.4, -0.2) is 30.7 Å². The second kappa shape index (κ2) is 1.28. The van der Waals surface area contributed by atoms with Crippen molar-refractivity contribution < 1.29 is 4.48 Å². The highest BCUT2D eigenvalue weighted by Gasteiger charge is 2.71. The summed E-state index contributed by atoms with van der Waals surface area (Å²) in [6, 6.07) is 1.12. The maximum Gasteiger partial charge on any atom is 0.0924 e. The van der Waals surface area contributed by atoms with Crippen LogP contribution in [0.2, 0.25) is 0 Å². The summed E-state index contributed by atoms with van der Waals surface area (Å²) < 4.78 is 1.48. The van der Waals surface area contributed by atoms with Crippen LogP contribution < -0.4 is 0 Å². The normalized spacial score (nSPS) is 75.5. The molecule has 6 unspecified atom stereocenters. The van der Waals surface area contributed by atoms with Gasteiger partial charge in [-0.25, -0.2) is 0 Å². The molecule has 2 aliphatic carbocycles. The SMILES string of the molecule is C[N+]12CC3C4CC(C3C1)C2C4. The Kier molecular flexibility index (Phi) is 0.651. The fraction of sp³-hybridized carbons (Fsp3) is 1.00. The van der Waals surface area contributed by atoms with Gasteiger partial charge in [0.25, 0.3) is 0 Å². The summed E-state index contributed by atoms with van der Waals surface area (Å²) in [7, 11) is 2.51. The lowest BCUT2D eigenvalue weighted by atomic mass is 9.78. The van der Waals surface area contributed by atoms with E-state index in [1.54, 1.807) is 25.9 Å². The average molecular weight is 150 g/mol. The summed E-state index contributed by atoms with van der Waals surface area (Å²) in [6.07, 6.45) is 3.22. The minimum atomic E-state index is 1.12. The molecule has 4 bridgehead atoms. The first-order valence-corrected chi connectivity index (χ1v) is 5.12.